The van der Waals surface area contributed by atoms with Crippen LogP contribution < -0.4 is 9.62 Å². The van der Waals surface area contributed by atoms with Crippen LogP contribution in [0.3, 0.4) is 0 Å². The second-order valence-corrected chi connectivity index (χ2v) is 11.1. The number of hydrogen-bond acceptors (Lipinski definition) is 4. The van der Waals surface area contributed by atoms with Crippen molar-refractivity contribution in [2.75, 3.05) is 17.1 Å². The van der Waals surface area contributed by atoms with Gasteiger partial charge in [0.2, 0.25) is 21.8 Å². The van der Waals surface area contributed by atoms with Gasteiger partial charge >= 0.3 is 0 Å². The molecule has 1 fully saturated rings. The minimum atomic E-state index is -3.72. The zero-order valence-corrected chi connectivity index (χ0v) is 21.3. The monoisotopic (exact) mass is 485 g/mol. The second-order valence-electron chi connectivity index (χ2n) is 9.22. The molecular weight excluding hydrogens is 450 g/mol. The number of rotatable bonds is 9. The topological polar surface area (TPSA) is 86.8 Å². The fourth-order valence-corrected chi connectivity index (χ4v) is 5.12. The molecule has 8 heteroatoms. The lowest BCUT2D eigenvalue weighted by molar-refractivity contribution is -0.139. The van der Waals surface area contributed by atoms with E-state index in [9.17, 15) is 18.0 Å². The maximum absolute atomic E-state index is 13.6. The van der Waals surface area contributed by atoms with E-state index in [-0.39, 0.29) is 25.0 Å². The Labute approximate surface area is 203 Å². The van der Waals surface area contributed by atoms with Crippen molar-refractivity contribution in [3.8, 4) is 0 Å². The number of amides is 2. The molecule has 1 N–H and O–H groups in total. The number of anilines is 1. The van der Waals surface area contributed by atoms with Gasteiger partial charge in [0.1, 0.15) is 12.6 Å². The Morgan fingerprint density at radius 1 is 1.03 bits per heavy atom. The minimum absolute atomic E-state index is 0.130. The van der Waals surface area contributed by atoms with Crippen LogP contribution in [0.25, 0.3) is 0 Å². The van der Waals surface area contributed by atoms with Crippen molar-refractivity contribution in [2.45, 2.75) is 65.1 Å². The van der Waals surface area contributed by atoms with Crippen LogP contribution in [0.2, 0.25) is 0 Å². The molecule has 1 aliphatic rings. The van der Waals surface area contributed by atoms with Crippen molar-refractivity contribution >= 4 is 27.5 Å². The van der Waals surface area contributed by atoms with Gasteiger partial charge in [0, 0.05) is 12.6 Å². The van der Waals surface area contributed by atoms with E-state index in [0.29, 0.717) is 5.69 Å². The summed E-state index contributed by atoms with van der Waals surface area (Å²) in [6.07, 6.45) is 5.15. The van der Waals surface area contributed by atoms with E-state index in [1.165, 1.54) is 4.90 Å². The molecule has 0 unspecified atom stereocenters. The number of nitrogens with zero attached hydrogens (tertiary/aromatic N) is 2. The Bertz CT molecular complexity index is 1110. The Balaban J connectivity index is 1.88. The third-order valence-corrected chi connectivity index (χ3v) is 7.61. The van der Waals surface area contributed by atoms with Crippen LogP contribution >= 0.6 is 0 Å². The van der Waals surface area contributed by atoms with Crippen LogP contribution in [0, 0.1) is 13.8 Å². The fraction of sp³-hybridized carbons (Fsp3) is 0.462. The average molecular weight is 486 g/mol. The van der Waals surface area contributed by atoms with E-state index in [1.807, 2.05) is 38.1 Å². The minimum Gasteiger partial charge on any atom is -0.352 e. The number of carbonyl (C=O) groups is 2. The standard InChI is InChI=1S/C26H35N3O4S/c1-19-13-15-24(16-14-19)29(34(4,32)33)18-25(30)28(17-22-10-6-5-9-20(22)2)21(3)26(31)27-23-11-7-8-12-23/h5-6,9-10,13-16,21,23H,7-8,11-12,17-18H2,1-4H3,(H,27,31)/t21-/m1/s1. The molecule has 2 aromatic rings. The molecule has 0 radical (unpaired) electrons. The maximum Gasteiger partial charge on any atom is 0.244 e. The van der Waals surface area contributed by atoms with E-state index in [2.05, 4.69) is 5.32 Å². The van der Waals surface area contributed by atoms with Gasteiger partial charge in [-0.05, 0) is 56.9 Å². The molecule has 7 nitrogen and oxygen atoms in total. The lowest BCUT2D eigenvalue weighted by atomic mass is 10.1. The lowest BCUT2D eigenvalue weighted by Crippen LogP contribution is -2.52. The van der Waals surface area contributed by atoms with Crippen LogP contribution in [0.1, 0.15) is 49.3 Å². The zero-order chi connectivity index (χ0) is 24.9. The van der Waals surface area contributed by atoms with E-state index in [4.69, 9.17) is 0 Å². The maximum atomic E-state index is 13.6. The van der Waals surface area contributed by atoms with Crippen LogP contribution in [-0.4, -0.2) is 50.0 Å². The molecule has 1 saturated carbocycles. The van der Waals surface area contributed by atoms with Crippen molar-refractivity contribution in [1.82, 2.24) is 10.2 Å². The van der Waals surface area contributed by atoms with Crippen molar-refractivity contribution in [1.29, 1.82) is 0 Å². The van der Waals surface area contributed by atoms with Crippen LogP contribution in [0.4, 0.5) is 5.69 Å². The Hall–Kier alpha value is -2.87. The summed E-state index contributed by atoms with van der Waals surface area (Å²) >= 11 is 0. The zero-order valence-electron chi connectivity index (χ0n) is 20.5. The quantitative estimate of drug-likeness (QED) is 0.589. The van der Waals surface area contributed by atoms with Gasteiger partial charge in [-0.3, -0.25) is 13.9 Å². The van der Waals surface area contributed by atoms with Gasteiger partial charge in [-0.1, -0.05) is 54.8 Å². The van der Waals surface area contributed by atoms with E-state index >= 15 is 0 Å². The van der Waals surface area contributed by atoms with E-state index in [1.54, 1.807) is 31.2 Å². The summed E-state index contributed by atoms with van der Waals surface area (Å²) in [4.78, 5) is 28.1. The van der Waals surface area contributed by atoms with Crippen LogP contribution in [0.5, 0.6) is 0 Å². The van der Waals surface area contributed by atoms with E-state index < -0.39 is 22.0 Å². The van der Waals surface area contributed by atoms with Gasteiger partial charge in [-0.2, -0.15) is 0 Å². The summed E-state index contributed by atoms with van der Waals surface area (Å²) in [5.41, 5.74) is 3.32. The smallest absolute Gasteiger partial charge is 0.244 e. The van der Waals surface area contributed by atoms with Gasteiger partial charge < -0.3 is 10.2 Å². The number of benzene rings is 2. The van der Waals surface area contributed by atoms with Gasteiger partial charge in [-0.25, -0.2) is 8.42 Å². The largest absolute Gasteiger partial charge is 0.352 e. The third kappa shape index (κ3) is 6.59. The highest BCUT2D eigenvalue weighted by Crippen LogP contribution is 2.21. The lowest BCUT2D eigenvalue weighted by Gasteiger charge is -2.32. The SMILES string of the molecule is Cc1ccc(N(CC(=O)N(Cc2ccccc2C)[C@H](C)C(=O)NC2CCCC2)S(C)(=O)=O)cc1. The molecular formula is C26H35N3O4S. The number of sulfonamides is 1. The van der Waals surface area contributed by atoms with Crippen molar-refractivity contribution in [3.63, 3.8) is 0 Å². The first-order chi connectivity index (χ1) is 16.1. The number of aryl methyl sites for hydroxylation is 2. The molecule has 0 saturated heterocycles. The normalized spacial score (nSPS) is 15.1. The summed E-state index contributed by atoms with van der Waals surface area (Å²) in [5.74, 6) is -0.640. The summed E-state index contributed by atoms with van der Waals surface area (Å²) in [6.45, 7) is 5.41. The van der Waals surface area contributed by atoms with Crippen molar-refractivity contribution in [3.05, 3.63) is 65.2 Å². The first kappa shape index (κ1) is 25.7. The predicted octanol–water partition coefficient (Wildman–Crippen LogP) is 3.55. The van der Waals surface area contributed by atoms with Gasteiger partial charge in [0.25, 0.3) is 0 Å². The number of carbonyl (C=O) groups excluding carboxylic acids is 2. The molecule has 0 heterocycles. The summed E-state index contributed by atoms with van der Waals surface area (Å²) < 4.78 is 26.3. The van der Waals surface area contributed by atoms with Gasteiger partial charge in [0.15, 0.2) is 0 Å². The molecule has 1 aliphatic carbocycles. The molecule has 0 aliphatic heterocycles. The van der Waals surface area contributed by atoms with Gasteiger partial charge in [0.05, 0.1) is 11.9 Å². The first-order valence-electron chi connectivity index (χ1n) is 11.7. The highest BCUT2D eigenvalue weighted by atomic mass is 32.2. The third-order valence-electron chi connectivity index (χ3n) is 6.47. The number of nitrogens with one attached hydrogen (secondary N) is 1. The molecule has 0 aromatic heterocycles. The van der Waals surface area contributed by atoms with Crippen LogP contribution in [-0.2, 0) is 26.2 Å². The molecule has 34 heavy (non-hydrogen) atoms. The average Bonchev–Trinajstić information content (AvgIpc) is 3.29. The Kier molecular flexibility index (Phi) is 8.36. The number of hydrogen-bond donors (Lipinski definition) is 1. The highest BCUT2D eigenvalue weighted by Gasteiger charge is 2.31. The van der Waals surface area contributed by atoms with Crippen LogP contribution in [0.15, 0.2) is 48.5 Å². The summed E-state index contributed by atoms with van der Waals surface area (Å²) in [5, 5.41) is 3.07. The molecule has 3 rings (SSSR count). The molecule has 2 amide bonds. The molecule has 184 valence electrons. The van der Waals surface area contributed by atoms with Crippen molar-refractivity contribution in [2.24, 2.45) is 0 Å². The Morgan fingerprint density at radius 3 is 2.24 bits per heavy atom. The van der Waals surface area contributed by atoms with Crippen molar-refractivity contribution < 1.29 is 18.0 Å². The fourth-order valence-electron chi connectivity index (χ4n) is 4.27. The predicted molar refractivity (Wildman–Crippen MR) is 135 cm³/mol. The summed E-state index contributed by atoms with van der Waals surface area (Å²) in [7, 11) is -3.72. The van der Waals surface area contributed by atoms with Gasteiger partial charge in [-0.15, -0.1) is 0 Å². The molecule has 0 bridgehead atoms. The first-order valence-corrected chi connectivity index (χ1v) is 13.6. The highest BCUT2D eigenvalue weighted by molar-refractivity contribution is 7.92. The molecule has 2 aromatic carbocycles. The second kappa shape index (κ2) is 11.0. The van der Waals surface area contributed by atoms with E-state index in [0.717, 1.165) is 52.9 Å². The molecule has 0 spiro atoms. The summed E-state index contributed by atoms with van der Waals surface area (Å²) in [6, 6.07) is 14.1. The Morgan fingerprint density at radius 2 is 1.65 bits per heavy atom. The molecule has 1 atom stereocenters.